The van der Waals surface area contributed by atoms with E-state index in [-0.39, 0.29) is 23.8 Å². The Hall–Kier alpha value is -4.29. The molecule has 256 valence electrons. The summed E-state index contributed by atoms with van der Waals surface area (Å²) >= 11 is 14.1. The minimum atomic E-state index is -0.226. The molecule has 0 aliphatic carbocycles. The molecule has 2 fully saturated rings. The highest BCUT2D eigenvalue weighted by molar-refractivity contribution is 6.39. The second kappa shape index (κ2) is 15.5. The van der Waals surface area contributed by atoms with E-state index in [9.17, 15) is 9.59 Å². The van der Waals surface area contributed by atoms with Crippen LogP contribution in [0.5, 0.6) is 11.8 Å². The predicted octanol–water partition coefficient (Wildman–Crippen LogP) is 5.26. The van der Waals surface area contributed by atoms with Crippen molar-refractivity contribution in [2.75, 3.05) is 33.9 Å². The Bertz CT molecular complexity index is 1850. The van der Waals surface area contributed by atoms with Gasteiger partial charge in [0.15, 0.2) is 0 Å². The average molecular weight is 705 g/mol. The summed E-state index contributed by atoms with van der Waals surface area (Å²) in [5, 5.41) is 7.26. The largest absolute Gasteiger partial charge is 0.481 e. The van der Waals surface area contributed by atoms with Crippen LogP contribution in [0.2, 0.25) is 10.0 Å². The Labute approximate surface area is 295 Å². The highest BCUT2D eigenvalue weighted by atomic mass is 35.5. The third-order valence-electron chi connectivity index (χ3n) is 9.13. The van der Waals surface area contributed by atoms with Gasteiger partial charge in [-0.1, -0.05) is 65.7 Å². The quantitative estimate of drug-likeness (QED) is 0.180. The highest BCUT2D eigenvalue weighted by Crippen LogP contribution is 2.42. The summed E-state index contributed by atoms with van der Waals surface area (Å²) in [6.07, 6.45) is 4.55. The van der Waals surface area contributed by atoms with Gasteiger partial charge in [-0.3, -0.25) is 19.5 Å². The summed E-state index contributed by atoms with van der Waals surface area (Å²) in [6.45, 7) is 3.30. The number of benzene rings is 2. The van der Waals surface area contributed by atoms with Gasteiger partial charge in [0.05, 0.1) is 41.8 Å². The molecular formula is C36H39Cl2N7O4. The van der Waals surface area contributed by atoms with Crippen molar-refractivity contribution in [3.05, 3.63) is 76.0 Å². The van der Waals surface area contributed by atoms with E-state index in [4.69, 9.17) is 48.4 Å². The molecule has 0 unspecified atom stereocenters. The molecular weight excluding hydrogens is 665 g/mol. The predicted molar refractivity (Wildman–Crippen MR) is 189 cm³/mol. The highest BCUT2D eigenvalue weighted by Gasteiger charge is 2.25. The van der Waals surface area contributed by atoms with Gasteiger partial charge in [-0.2, -0.15) is 0 Å². The van der Waals surface area contributed by atoms with Gasteiger partial charge in [-0.05, 0) is 38.4 Å². The van der Waals surface area contributed by atoms with Crippen molar-refractivity contribution in [3.8, 4) is 45.4 Å². The molecule has 2 aliphatic rings. The average Bonchev–Trinajstić information content (AvgIpc) is 3.53. The number of piperidine rings is 1. The van der Waals surface area contributed by atoms with Crippen LogP contribution < -0.4 is 25.8 Å². The van der Waals surface area contributed by atoms with E-state index >= 15 is 0 Å². The van der Waals surface area contributed by atoms with Crippen molar-refractivity contribution in [2.24, 2.45) is 11.7 Å². The third kappa shape index (κ3) is 7.80. The maximum Gasteiger partial charge on any atom is 0.237 e. The Morgan fingerprint density at radius 2 is 1.55 bits per heavy atom. The standard InChI is InChI=1S/C36H39Cl2N7O4/c1-48-35-22(20-45-15-13-21(14-16-45)34(39)47)9-11-28(43-35)26-7-3-5-24(32(26)37)25-6-4-8-27(33(25)38)29-19-41-30(36(44-29)49-2)18-40-17-23-10-12-31(46)42-23/h3-9,11,19,21,23,40H,10,12-18,20H2,1-2H3,(H2,39,47)(H,42,46)/t23-/m0/s1. The van der Waals surface area contributed by atoms with Gasteiger partial charge in [0.25, 0.3) is 0 Å². The van der Waals surface area contributed by atoms with Crippen LogP contribution in [0.4, 0.5) is 0 Å². The first-order valence-corrected chi connectivity index (χ1v) is 17.0. The molecule has 1 atom stereocenters. The van der Waals surface area contributed by atoms with Gasteiger partial charge in [0, 0.05) is 65.8 Å². The molecule has 11 nitrogen and oxygen atoms in total. The number of pyridine rings is 1. The molecule has 4 aromatic rings. The lowest BCUT2D eigenvalue weighted by Gasteiger charge is -2.30. The number of nitrogens with one attached hydrogen (secondary N) is 2. The van der Waals surface area contributed by atoms with Crippen LogP contribution in [0.1, 0.15) is 36.9 Å². The molecule has 4 heterocycles. The molecule has 2 aromatic carbocycles. The number of ether oxygens (including phenoxy) is 2. The normalized spacial score (nSPS) is 16.8. The van der Waals surface area contributed by atoms with Crippen molar-refractivity contribution in [3.63, 3.8) is 0 Å². The van der Waals surface area contributed by atoms with Crippen LogP contribution in [0, 0.1) is 5.92 Å². The zero-order valence-corrected chi connectivity index (χ0v) is 29.0. The fraction of sp³-hybridized carbons (Fsp3) is 0.361. The van der Waals surface area contributed by atoms with Crippen molar-refractivity contribution in [2.45, 2.75) is 44.8 Å². The number of likely N-dealkylation sites (tertiary alicyclic amines) is 1. The minimum Gasteiger partial charge on any atom is -0.481 e. The number of methoxy groups -OCH3 is 2. The second-order valence-electron chi connectivity index (χ2n) is 12.3. The fourth-order valence-corrected chi connectivity index (χ4v) is 7.06. The summed E-state index contributed by atoms with van der Waals surface area (Å²) in [4.78, 5) is 39.5. The molecule has 0 saturated carbocycles. The zero-order valence-electron chi connectivity index (χ0n) is 27.5. The van der Waals surface area contributed by atoms with Gasteiger partial charge >= 0.3 is 0 Å². The Balaban J connectivity index is 1.21. The Kier molecular flexibility index (Phi) is 10.9. The molecule has 0 bridgehead atoms. The van der Waals surface area contributed by atoms with Crippen LogP contribution >= 0.6 is 23.2 Å². The van der Waals surface area contributed by atoms with E-state index in [1.807, 2.05) is 48.5 Å². The second-order valence-corrected chi connectivity index (χ2v) is 13.1. The molecule has 49 heavy (non-hydrogen) atoms. The number of nitrogens with two attached hydrogens (primary N) is 1. The van der Waals surface area contributed by atoms with E-state index < -0.39 is 0 Å². The van der Waals surface area contributed by atoms with E-state index in [1.54, 1.807) is 20.4 Å². The molecule has 2 amide bonds. The van der Waals surface area contributed by atoms with Gasteiger partial charge in [0.1, 0.15) is 5.69 Å². The maximum atomic E-state index is 11.6. The number of hydrogen-bond donors (Lipinski definition) is 3. The lowest BCUT2D eigenvalue weighted by Crippen LogP contribution is -2.38. The zero-order chi connectivity index (χ0) is 34.5. The van der Waals surface area contributed by atoms with Crippen LogP contribution in [0.15, 0.2) is 54.7 Å². The van der Waals surface area contributed by atoms with E-state index in [0.29, 0.717) is 70.5 Å². The molecule has 0 spiro atoms. The summed E-state index contributed by atoms with van der Waals surface area (Å²) in [5.41, 5.74) is 11.2. The molecule has 2 saturated heterocycles. The SMILES string of the molecule is COc1nc(-c2cccc(-c3cccc(-c4cnc(CNC[C@@H]5CCC(=O)N5)c(OC)n4)c3Cl)c2Cl)ccc1CN1CCC(C(N)=O)CC1. The first-order valence-electron chi connectivity index (χ1n) is 16.3. The van der Waals surface area contributed by atoms with Crippen molar-refractivity contribution in [1.82, 2.24) is 30.5 Å². The van der Waals surface area contributed by atoms with Gasteiger partial charge < -0.3 is 25.8 Å². The van der Waals surface area contributed by atoms with E-state index in [0.717, 1.165) is 54.6 Å². The molecule has 0 radical (unpaired) electrons. The summed E-state index contributed by atoms with van der Waals surface area (Å²) in [6, 6.07) is 15.5. The van der Waals surface area contributed by atoms with Crippen molar-refractivity contribution >= 4 is 35.0 Å². The number of hydrogen-bond acceptors (Lipinski definition) is 9. The Morgan fingerprint density at radius 3 is 2.16 bits per heavy atom. The minimum absolute atomic E-state index is 0.0642. The van der Waals surface area contributed by atoms with Crippen LogP contribution in [0.3, 0.4) is 0 Å². The smallest absolute Gasteiger partial charge is 0.237 e. The lowest BCUT2D eigenvalue weighted by molar-refractivity contribution is -0.123. The topological polar surface area (TPSA) is 145 Å². The van der Waals surface area contributed by atoms with Gasteiger partial charge in [-0.15, -0.1) is 0 Å². The number of primary amides is 1. The van der Waals surface area contributed by atoms with E-state index in [1.165, 1.54) is 0 Å². The summed E-state index contributed by atoms with van der Waals surface area (Å²) < 4.78 is 11.3. The summed E-state index contributed by atoms with van der Waals surface area (Å²) in [5.74, 6) is 0.702. The number of rotatable bonds is 12. The van der Waals surface area contributed by atoms with Crippen LogP contribution in [0.25, 0.3) is 33.6 Å². The number of carbonyl (C=O) groups is 2. The molecule has 2 aliphatic heterocycles. The number of aromatic nitrogens is 3. The maximum absolute atomic E-state index is 11.6. The number of amides is 2. The van der Waals surface area contributed by atoms with Crippen molar-refractivity contribution < 1.29 is 19.1 Å². The van der Waals surface area contributed by atoms with Gasteiger partial charge in [-0.25, -0.2) is 9.97 Å². The molecule has 2 aromatic heterocycles. The number of carbonyl (C=O) groups excluding carboxylic acids is 2. The lowest BCUT2D eigenvalue weighted by atomic mass is 9.96. The molecule has 13 heteroatoms. The third-order valence-corrected chi connectivity index (χ3v) is 9.94. The van der Waals surface area contributed by atoms with Crippen LogP contribution in [-0.2, 0) is 22.7 Å². The van der Waals surface area contributed by atoms with E-state index in [2.05, 4.69) is 20.5 Å². The Morgan fingerprint density at radius 1 is 0.918 bits per heavy atom. The monoisotopic (exact) mass is 703 g/mol. The molecule has 6 rings (SSSR count). The first-order chi connectivity index (χ1) is 23.7. The number of halogens is 2. The molecule has 4 N–H and O–H groups in total. The van der Waals surface area contributed by atoms with Gasteiger partial charge in [0.2, 0.25) is 23.6 Å². The fourth-order valence-electron chi connectivity index (χ4n) is 6.42. The van der Waals surface area contributed by atoms with Crippen LogP contribution in [-0.4, -0.2) is 71.6 Å². The summed E-state index contributed by atoms with van der Waals surface area (Å²) in [7, 11) is 3.16. The first kappa shape index (κ1) is 34.6. The number of nitrogens with zero attached hydrogens (tertiary/aromatic N) is 4. The van der Waals surface area contributed by atoms with Crippen molar-refractivity contribution in [1.29, 1.82) is 0 Å².